The summed E-state index contributed by atoms with van der Waals surface area (Å²) in [5, 5.41) is 1.60. The lowest BCUT2D eigenvalue weighted by atomic mass is 10.0. The number of ether oxygens (including phenoxy) is 1. The minimum atomic E-state index is -0.574. The van der Waals surface area contributed by atoms with Crippen molar-refractivity contribution >= 4 is 12.0 Å². The molecule has 0 radical (unpaired) electrons. The molecule has 2 rings (SSSR count). The third kappa shape index (κ3) is 2.35. The monoisotopic (exact) mass is 285 g/mol. The highest BCUT2D eigenvalue weighted by atomic mass is 16.7. The van der Waals surface area contributed by atoms with Gasteiger partial charge in [0.25, 0.3) is 0 Å². The molecule has 2 amide bonds. The molecule has 7 nitrogen and oxygen atoms in total. The van der Waals surface area contributed by atoms with Crippen molar-refractivity contribution in [1.82, 2.24) is 14.9 Å². The number of piperazine rings is 1. The molecule has 0 unspecified atom stereocenters. The van der Waals surface area contributed by atoms with Crippen LogP contribution in [0.4, 0.5) is 4.79 Å². The Hall–Kier alpha value is -1.34. The van der Waals surface area contributed by atoms with Crippen molar-refractivity contribution in [2.75, 3.05) is 33.9 Å². The Kier molecular flexibility index (Phi) is 3.93. The van der Waals surface area contributed by atoms with Gasteiger partial charge >= 0.3 is 12.0 Å². The Morgan fingerprint density at radius 2 is 1.90 bits per heavy atom. The summed E-state index contributed by atoms with van der Waals surface area (Å²) >= 11 is 0. The molecule has 0 aromatic heterocycles. The lowest BCUT2D eigenvalue weighted by molar-refractivity contribution is -0.205. The summed E-state index contributed by atoms with van der Waals surface area (Å²) in [5.41, 5.74) is -0.271. The number of methoxy groups -OCH3 is 1. The first-order valence-electron chi connectivity index (χ1n) is 6.78. The van der Waals surface area contributed by atoms with Crippen LogP contribution in [-0.4, -0.2) is 78.3 Å². The lowest BCUT2D eigenvalue weighted by Gasteiger charge is -2.40. The summed E-state index contributed by atoms with van der Waals surface area (Å²) in [7, 11) is 2.89. The van der Waals surface area contributed by atoms with Crippen molar-refractivity contribution < 1.29 is 19.2 Å². The molecule has 7 heteroatoms. The first-order chi connectivity index (χ1) is 9.31. The van der Waals surface area contributed by atoms with E-state index in [1.54, 1.807) is 14.9 Å². The summed E-state index contributed by atoms with van der Waals surface area (Å²) in [6.07, 6.45) is 0. The van der Waals surface area contributed by atoms with Crippen molar-refractivity contribution in [3.63, 3.8) is 0 Å². The van der Waals surface area contributed by atoms with Crippen molar-refractivity contribution in [3.8, 4) is 0 Å². The number of rotatable bonds is 2. The molecule has 0 N–H and O–H groups in total. The second-order valence-corrected chi connectivity index (χ2v) is 6.12. The molecule has 0 aromatic rings. The summed E-state index contributed by atoms with van der Waals surface area (Å²) in [6, 6.07) is -0.829. The van der Waals surface area contributed by atoms with Crippen molar-refractivity contribution in [1.29, 1.82) is 0 Å². The third-order valence-electron chi connectivity index (χ3n) is 3.97. The van der Waals surface area contributed by atoms with E-state index in [9.17, 15) is 9.59 Å². The van der Waals surface area contributed by atoms with Gasteiger partial charge in [0, 0.05) is 25.2 Å². The molecule has 2 saturated heterocycles. The van der Waals surface area contributed by atoms with Crippen LogP contribution >= 0.6 is 0 Å². The normalized spacial score (nSPS) is 27.8. The van der Waals surface area contributed by atoms with Crippen LogP contribution in [0.2, 0.25) is 0 Å². The highest BCUT2D eigenvalue weighted by Crippen LogP contribution is 2.30. The van der Waals surface area contributed by atoms with Gasteiger partial charge in [-0.05, 0) is 20.8 Å². The predicted octanol–water partition coefficient (Wildman–Crippen LogP) is 0.310. The standard InChI is InChI=1S/C13H23N3O4/c1-13(2,3)15-8-9-10(11(17)19-4)16(20-5)7-6-14(9)12(15)18/h9-10H,6-8H2,1-5H3/t9-,10+/m0/s1. The van der Waals surface area contributed by atoms with E-state index in [1.165, 1.54) is 14.2 Å². The summed E-state index contributed by atoms with van der Waals surface area (Å²) in [4.78, 5) is 33.3. The number of carbonyl (C=O) groups is 2. The molecule has 0 aromatic carbocycles. The fourth-order valence-corrected chi connectivity index (χ4v) is 2.89. The number of nitrogens with zero attached hydrogens (tertiary/aromatic N) is 3. The average molecular weight is 285 g/mol. The zero-order valence-corrected chi connectivity index (χ0v) is 12.8. The van der Waals surface area contributed by atoms with Gasteiger partial charge in [-0.2, -0.15) is 5.06 Å². The van der Waals surface area contributed by atoms with Crippen molar-refractivity contribution in [2.24, 2.45) is 0 Å². The van der Waals surface area contributed by atoms with Crippen LogP contribution in [0.25, 0.3) is 0 Å². The largest absolute Gasteiger partial charge is 0.468 e. The smallest absolute Gasteiger partial charge is 0.327 e. The number of urea groups is 1. The molecule has 0 bridgehead atoms. The number of amides is 2. The maximum atomic E-state index is 12.5. The van der Waals surface area contributed by atoms with Crippen LogP contribution in [0.15, 0.2) is 0 Å². The molecule has 2 aliphatic rings. The number of esters is 1. The molecule has 2 atom stereocenters. The highest BCUT2D eigenvalue weighted by molar-refractivity contribution is 5.83. The lowest BCUT2D eigenvalue weighted by Crippen LogP contribution is -2.61. The topological polar surface area (TPSA) is 62.3 Å². The summed E-state index contributed by atoms with van der Waals surface area (Å²) in [6.45, 7) is 7.52. The Morgan fingerprint density at radius 3 is 2.40 bits per heavy atom. The van der Waals surface area contributed by atoms with Crippen LogP contribution in [0, 0.1) is 0 Å². The van der Waals surface area contributed by atoms with E-state index in [2.05, 4.69) is 0 Å². The Bertz CT molecular complexity index is 407. The van der Waals surface area contributed by atoms with E-state index in [-0.39, 0.29) is 23.6 Å². The minimum Gasteiger partial charge on any atom is -0.468 e. The van der Waals surface area contributed by atoms with Crippen molar-refractivity contribution in [3.05, 3.63) is 0 Å². The first-order valence-corrected chi connectivity index (χ1v) is 6.78. The Morgan fingerprint density at radius 1 is 1.25 bits per heavy atom. The number of carbonyl (C=O) groups excluding carboxylic acids is 2. The molecule has 20 heavy (non-hydrogen) atoms. The maximum Gasteiger partial charge on any atom is 0.327 e. The zero-order valence-electron chi connectivity index (χ0n) is 12.8. The quantitative estimate of drug-likeness (QED) is 0.683. The number of hydrogen-bond donors (Lipinski definition) is 0. The molecule has 0 spiro atoms. The fourth-order valence-electron chi connectivity index (χ4n) is 2.89. The first kappa shape index (κ1) is 15.1. The van der Waals surface area contributed by atoms with Gasteiger partial charge in [-0.3, -0.25) is 4.79 Å². The van der Waals surface area contributed by atoms with E-state index in [4.69, 9.17) is 9.57 Å². The molecule has 0 saturated carbocycles. The number of hydrogen-bond acceptors (Lipinski definition) is 5. The van der Waals surface area contributed by atoms with Gasteiger partial charge in [0.1, 0.15) is 0 Å². The fraction of sp³-hybridized carbons (Fsp3) is 0.846. The minimum absolute atomic E-state index is 0.0212. The summed E-state index contributed by atoms with van der Waals surface area (Å²) < 4.78 is 4.87. The van der Waals surface area contributed by atoms with Gasteiger partial charge < -0.3 is 19.4 Å². The Labute approximate surface area is 119 Å². The average Bonchev–Trinajstić information content (AvgIpc) is 2.74. The van der Waals surface area contributed by atoms with Crippen LogP contribution in [-0.2, 0) is 14.4 Å². The van der Waals surface area contributed by atoms with Crippen molar-refractivity contribution in [2.45, 2.75) is 38.4 Å². The van der Waals surface area contributed by atoms with Crippen LogP contribution < -0.4 is 0 Å². The second-order valence-electron chi connectivity index (χ2n) is 6.12. The highest BCUT2D eigenvalue weighted by Gasteiger charge is 2.52. The maximum absolute atomic E-state index is 12.5. The van der Waals surface area contributed by atoms with E-state index in [0.29, 0.717) is 19.6 Å². The van der Waals surface area contributed by atoms with E-state index in [1.807, 2.05) is 20.8 Å². The molecular weight excluding hydrogens is 262 g/mol. The van der Waals surface area contributed by atoms with Gasteiger partial charge in [0.15, 0.2) is 6.04 Å². The predicted molar refractivity (Wildman–Crippen MR) is 71.9 cm³/mol. The van der Waals surface area contributed by atoms with E-state index >= 15 is 0 Å². The third-order valence-corrected chi connectivity index (χ3v) is 3.97. The van der Waals surface area contributed by atoms with Crippen LogP contribution in [0.1, 0.15) is 20.8 Å². The molecule has 0 aliphatic carbocycles. The van der Waals surface area contributed by atoms with Crippen LogP contribution in [0.3, 0.4) is 0 Å². The Balaban J connectivity index is 2.28. The molecule has 2 heterocycles. The van der Waals surface area contributed by atoms with Gasteiger partial charge in [0.05, 0.1) is 20.3 Å². The van der Waals surface area contributed by atoms with Gasteiger partial charge in [-0.15, -0.1) is 0 Å². The SMILES string of the molecule is COC(=O)[C@H]1[C@@H]2CN(C(C)(C)C)C(=O)N2CCN1OC. The van der Waals surface area contributed by atoms with E-state index < -0.39 is 6.04 Å². The number of fused-ring (bicyclic) bond motifs is 1. The summed E-state index contributed by atoms with van der Waals surface area (Å²) in [5.74, 6) is -0.370. The van der Waals surface area contributed by atoms with Gasteiger partial charge in [-0.25, -0.2) is 4.79 Å². The van der Waals surface area contributed by atoms with Gasteiger partial charge in [-0.1, -0.05) is 0 Å². The molecule has 114 valence electrons. The van der Waals surface area contributed by atoms with Gasteiger partial charge in [0.2, 0.25) is 0 Å². The second kappa shape index (κ2) is 5.21. The number of hydroxylamine groups is 2. The van der Waals surface area contributed by atoms with Crippen LogP contribution in [0.5, 0.6) is 0 Å². The zero-order chi connectivity index (χ0) is 15.1. The molecule has 2 fully saturated rings. The molecule has 2 aliphatic heterocycles. The molecular formula is C13H23N3O4. The van der Waals surface area contributed by atoms with E-state index in [0.717, 1.165) is 0 Å².